The van der Waals surface area contributed by atoms with Crippen LogP contribution in [0.4, 0.5) is 11.8 Å². The van der Waals surface area contributed by atoms with Crippen molar-refractivity contribution >= 4 is 23.1 Å². The highest BCUT2D eigenvalue weighted by molar-refractivity contribution is 7.11. The summed E-state index contributed by atoms with van der Waals surface area (Å²) >= 11 is 1.54. The van der Waals surface area contributed by atoms with Crippen molar-refractivity contribution in [3.8, 4) is 5.88 Å². The smallest absolute Gasteiger partial charge is 0.225 e. The van der Waals surface area contributed by atoms with Crippen LogP contribution in [-0.2, 0) is 6.54 Å². The highest BCUT2D eigenvalue weighted by atomic mass is 32.1. The van der Waals surface area contributed by atoms with Gasteiger partial charge in [-0.1, -0.05) is 17.4 Å². The third-order valence-electron chi connectivity index (χ3n) is 4.44. The SMILES string of the molecule is Cc1nnc(CNc2cc(OCCC3CC3c3ccccn3)nc(N)n2)s1. The Bertz CT molecular complexity index is 902. The number of pyridine rings is 1. The number of rotatable bonds is 8. The van der Waals surface area contributed by atoms with Crippen molar-refractivity contribution in [3.63, 3.8) is 0 Å². The molecule has 0 amide bonds. The molecule has 3 aromatic heterocycles. The van der Waals surface area contributed by atoms with E-state index in [4.69, 9.17) is 10.5 Å². The van der Waals surface area contributed by atoms with Gasteiger partial charge in [0.15, 0.2) is 0 Å². The van der Waals surface area contributed by atoms with Crippen LogP contribution in [0.2, 0.25) is 0 Å². The summed E-state index contributed by atoms with van der Waals surface area (Å²) in [5, 5.41) is 13.1. The fourth-order valence-electron chi connectivity index (χ4n) is 3.02. The van der Waals surface area contributed by atoms with Crippen LogP contribution in [0.5, 0.6) is 5.88 Å². The molecule has 1 saturated carbocycles. The molecule has 1 aliphatic rings. The third kappa shape index (κ3) is 4.68. The quantitative estimate of drug-likeness (QED) is 0.611. The van der Waals surface area contributed by atoms with Crippen molar-refractivity contribution in [3.05, 3.63) is 46.2 Å². The van der Waals surface area contributed by atoms with E-state index < -0.39 is 0 Å². The minimum atomic E-state index is 0.182. The minimum absolute atomic E-state index is 0.182. The van der Waals surface area contributed by atoms with Gasteiger partial charge in [0.25, 0.3) is 0 Å². The standard InChI is InChI=1S/C18H21N7OS/c1-11-24-25-17(27-11)10-21-15-9-16(23-18(19)22-15)26-7-5-12-8-13(12)14-4-2-3-6-20-14/h2-4,6,9,12-13H,5,7-8,10H2,1H3,(H3,19,21,22,23). The van der Waals surface area contributed by atoms with Gasteiger partial charge in [0, 0.05) is 23.9 Å². The molecule has 0 aromatic carbocycles. The van der Waals surface area contributed by atoms with Crippen molar-refractivity contribution in [1.29, 1.82) is 0 Å². The molecule has 140 valence electrons. The van der Waals surface area contributed by atoms with Gasteiger partial charge < -0.3 is 15.8 Å². The van der Waals surface area contributed by atoms with Gasteiger partial charge in [-0.3, -0.25) is 4.98 Å². The summed E-state index contributed by atoms with van der Waals surface area (Å²) in [6.07, 6.45) is 3.99. The summed E-state index contributed by atoms with van der Waals surface area (Å²) in [7, 11) is 0. The number of ether oxygens (including phenoxy) is 1. The Balaban J connectivity index is 1.27. The summed E-state index contributed by atoms with van der Waals surface area (Å²) in [6, 6.07) is 7.83. The number of nitrogens with zero attached hydrogens (tertiary/aromatic N) is 5. The summed E-state index contributed by atoms with van der Waals surface area (Å²) in [5.41, 5.74) is 6.97. The lowest BCUT2D eigenvalue weighted by Crippen LogP contribution is -2.07. The molecule has 2 unspecified atom stereocenters. The Kier molecular flexibility index (Phi) is 5.10. The number of hydrogen-bond donors (Lipinski definition) is 2. The second kappa shape index (κ2) is 7.83. The maximum Gasteiger partial charge on any atom is 0.225 e. The van der Waals surface area contributed by atoms with Gasteiger partial charge in [0.1, 0.15) is 15.8 Å². The van der Waals surface area contributed by atoms with Crippen LogP contribution in [0, 0.1) is 12.8 Å². The lowest BCUT2D eigenvalue weighted by Gasteiger charge is -2.08. The van der Waals surface area contributed by atoms with E-state index in [1.807, 2.05) is 25.3 Å². The predicted octanol–water partition coefficient (Wildman–Crippen LogP) is 2.80. The van der Waals surface area contributed by atoms with Crippen LogP contribution in [0.1, 0.15) is 34.5 Å². The Hall–Kier alpha value is -2.81. The fourth-order valence-corrected chi connectivity index (χ4v) is 3.67. The molecule has 27 heavy (non-hydrogen) atoms. The first-order valence-electron chi connectivity index (χ1n) is 8.88. The molecular formula is C18H21N7OS. The summed E-state index contributed by atoms with van der Waals surface area (Å²) < 4.78 is 5.80. The van der Waals surface area contributed by atoms with E-state index in [-0.39, 0.29) is 5.95 Å². The Morgan fingerprint density at radius 1 is 1.30 bits per heavy atom. The van der Waals surface area contributed by atoms with Crippen molar-refractivity contribution in [2.45, 2.75) is 32.2 Å². The molecule has 0 bridgehead atoms. The zero-order valence-corrected chi connectivity index (χ0v) is 15.8. The molecule has 3 N–H and O–H groups in total. The van der Waals surface area contributed by atoms with E-state index in [0.717, 1.165) is 16.4 Å². The third-order valence-corrected chi connectivity index (χ3v) is 5.28. The number of nitrogens with one attached hydrogen (secondary N) is 1. The van der Waals surface area contributed by atoms with Crippen LogP contribution in [0.15, 0.2) is 30.5 Å². The van der Waals surface area contributed by atoms with Gasteiger partial charge in [-0.05, 0) is 37.8 Å². The minimum Gasteiger partial charge on any atom is -0.477 e. The Morgan fingerprint density at radius 3 is 3.00 bits per heavy atom. The van der Waals surface area contributed by atoms with Crippen molar-refractivity contribution < 1.29 is 4.74 Å². The van der Waals surface area contributed by atoms with E-state index in [1.54, 1.807) is 17.4 Å². The zero-order valence-electron chi connectivity index (χ0n) is 15.0. The Labute approximate surface area is 161 Å². The normalized spacial score (nSPS) is 18.3. The van der Waals surface area contributed by atoms with Crippen molar-refractivity contribution in [2.75, 3.05) is 17.7 Å². The van der Waals surface area contributed by atoms with Crippen molar-refractivity contribution in [2.24, 2.45) is 5.92 Å². The highest BCUT2D eigenvalue weighted by Gasteiger charge is 2.38. The van der Waals surface area contributed by atoms with E-state index in [1.165, 1.54) is 12.1 Å². The first-order valence-corrected chi connectivity index (χ1v) is 9.70. The molecule has 8 nitrogen and oxygen atoms in total. The fraction of sp³-hybridized carbons (Fsp3) is 0.389. The molecular weight excluding hydrogens is 362 g/mol. The van der Waals surface area contributed by atoms with Crippen LogP contribution in [-0.4, -0.2) is 31.8 Å². The van der Waals surface area contributed by atoms with Gasteiger partial charge in [0.2, 0.25) is 11.8 Å². The molecule has 3 aromatic rings. The summed E-state index contributed by atoms with van der Waals surface area (Å²) in [5.74, 6) is 2.45. The predicted molar refractivity (Wildman–Crippen MR) is 104 cm³/mol. The average Bonchev–Trinajstić information content (AvgIpc) is 3.32. The molecule has 1 fully saturated rings. The second-order valence-electron chi connectivity index (χ2n) is 6.51. The number of aryl methyl sites for hydroxylation is 1. The molecule has 9 heteroatoms. The first-order chi connectivity index (χ1) is 13.2. The monoisotopic (exact) mass is 383 g/mol. The molecule has 0 saturated heterocycles. The number of nitrogen functional groups attached to an aromatic ring is 1. The first kappa shape index (κ1) is 17.6. The highest BCUT2D eigenvalue weighted by Crippen LogP contribution is 2.48. The molecule has 0 spiro atoms. The summed E-state index contributed by atoms with van der Waals surface area (Å²) in [4.78, 5) is 12.8. The topological polar surface area (TPSA) is 112 Å². The number of anilines is 2. The molecule has 3 heterocycles. The largest absolute Gasteiger partial charge is 0.477 e. The van der Waals surface area contributed by atoms with Crippen LogP contribution < -0.4 is 15.8 Å². The lowest BCUT2D eigenvalue weighted by molar-refractivity contribution is 0.290. The van der Waals surface area contributed by atoms with Crippen LogP contribution in [0.3, 0.4) is 0 Å². The van der Waals surface area contributed by atoms with E-state index in [9.17, 15) is 0 Å². The van der Waals surface area contributed by atoms with Crippen LogP contribution >= 0.6 is 11.3 Å². The van der Waals surface area contributed by atoms with E-state index in [0.29, 0.717) is 36.7 Å². The van der Waals surface area contributed by atoms with Crippen molar-refractivity contribution in [1.82, 2.24) is 25.1 Å². The van der Waals surface area contributed by atoms with Gasteiger partial charge in [-0.2, -0.15) is 9.97 Å². The number of nitrogens with two attached hydrogens (primary N) is 1. The van der Waals surface area contributed by atoms with E-state index >= 15 is 0 Å². The Morgan fingerprint density at radius 2 is 2.22 bits per heavy atom. The second-order valence-corrected chi connectivity index (χ2v) is 7.78. The number of aromatic nitrogens is 5. The molecule has 0 radical (unpaired) electrons. The molecule has 1 aliphatic carbocycles. The van der Waals surface area contributed by atoms with Crippen LogP contribution in [0.25, 0.3) is 0 Å². The lowest BCUT2D eigenvalue weighted by atomic mass is 10.2. The summed E-state index contributed by atoms with van der Waals surface area (Å²) in [6.45, 7) is 3.06. The van der Waals surface area contributed by atoms with Gasteiger partial charge in [-0.15, -0.1) is 10.2 Å². The maximum atomic E-state index is 5.80. The van der Waals surface area contributed by atoms with Gasteiger partial charge in [0.05, 0.1) is 13.2 Å². The van der Waals surface area contributed by atoms with Gasteiger partial charge in [-0.25, -0.2) is 0 Å². The molecule has 2 atom stereocenters. The zero-order chi connectivity index (χ0) is 18.6. The average molecular weight is 383 g/mol. The maximum absolute atomic E-state index is 5.80. The molecule has 4 rings (SSSR count). The van der Waals surface area contributed by atoms with Gasteiger partial charge >= 0.3 is 0 Å². The number of hydrogen-bond acceptors (Lipinski definition) is 9. The molecule has 0 aliphatic heterocycles. The van der Waals surface area contributed by atoms with E-state index in [2.05, 4.69) is 36.5 Å².